The van der Waals surface area contributed by atoms with Gasteiger partial charge in [0, 0.05) is 26.1 Å². The Labute approximate surface area is 115 Å². The summed E-state index contributed by atoms with van der Waals surface area (Å²) in [5.74, 6) is 0.548. The number of alkyl carbamates (subject to hydrolysis) is 1. The van der Waals surface area contributed by atoms with Crippen molar-refractivity contribution in [2.24, 2.45) is 5.92 Å². The van der Waals surface area contributed by atoms with Crippen LogP contribution in [-0.4, -0.2) is 42.1 Å². The van der Waals surface area contributed by atoms with Crippen molar-refractivity contribution in [3.05, 3.63) is 6.92 Å². The first-order chi connectivity index (χ1) is 8.78. The summed E-state index contributed by atoms with van der Waals surface area (Å²) in [6.45, 7) is 11.3. The van der Waals surface area contributed by atoms with Crippen molar-refractivity contribution < 1.29 is 14.3 Å². The minimum atomic E-state index is -0.510. The lowest BCUT2D eigenvalue weighted by atomic mass is 9.99. The van der Waals surface area contributed by atoms with E-state index in [-0.39, 0.29) is 5.91 Å². The van der Waals surface area contributed by atoms with Gasteiger partial charge in [-0.05, 0) is 39.5 Å². The number of nitrogens with zero attached hydrogens (tertiary/aromatic N) is 1. The van der Waals surface area contributed by atoms with Gasteiger partial charge in [0.05, 0.1) is 0 Å². The van der Waals surface area contributed by atoms with Gasteiger partial charge in [0.15, 0.2) is 0 Å². The Hall–Kier alpha value is -1.26. The van der Waals surface area contributed by atoms with Gasteiger partial charge in [-0.1, -0.05) is 6.92 Å². The number of nitrogens with one attached hydrogen (secondary N) is 1. The number of ether oxygens (including phenoxy) is 1. The quantitative estimate of drug-likeness (QED) is 0.852. The van der Waals surface area contributed by atoms with E-state index in [9.17, 15) is 9.59 Å². The summed E-state index contributed by atoms with van der Waals surface area (Å²) in [7, 11) is 0. The van der Waals surface area contributed by atoms with Crippen LogP contribution in [0.5, 0.6) is 0 Å². The van der Waals surface area contributed by atoms with Crippen LogP contribution < -0.4 is 5.32 Å². The van der Waals surface area contributed by atoms with Crippen LogP contribution in [0.3, 0.4) is 0 Å². The number of likely N-dealkylation sites (tertiary alicyclic amines) is 1. The average Bonchev–Trinajstić information content (AvgIpc) is 2.27. The Morgan fingerprint density at radius 2 is 1.89 bits per heavy atom. The molecule has 109 valence electrons. The molecule has 1 rings (SSSR count). The van der Waals surface area contributed by atoms with Gasteiger partial charge in [0.2, 0.25) is 5.91 Å². The van der Waals surface area contributed by atoms with Gasteiger partial charge in [-0.25, -0.2) is 4.79 Å². The third-order valence-electron chi connectivity index (χ3n) is 2.97. The van der Waals surface area contributed by atoms with Crippen molar-refractivity contribution in [3.8, 4) is 0 Å². The summed E-state index contributed by atoms with van der Waals surface area (Å²) in [5, 5.41) is 2.60. The summed E-state index contributed by atoms with van der Waals surface area (Å²) < 4.78 is 5.10. The predicted octanol–water partition coefficient (Wildman–Crippen LogP) is 1.97. The first-order valence-corrected chi connectivity index (χ1v) is 6.85. The molecular weight excluding hydrogens is 244 g/mol. The van der Waals surface area contributed by atoms with Crippen molar-refractivity contribution in [3.63, 3.8) is 0 Å². The number of hydrogen-bond donors (Lipinski definition) is 1. The van der Waals surface area contributed by atoms with Crippen molar-refractivity contribution in [2.75, 3.05) is 19.6 Å². The molecule has 0 spiro atoms. The number of hydrogen-bond acceptors (Lipinski definition) is 3. The Bertz CT molecular complexity index is 315. The lowest BCUT2D eigenvalue weighted by molar-refractivity contribution is -0.132. The van der Waals surface area contributed by atoms with Gasteiger partial charge in [0.1, 0.15) is 5.60 Å². The second kappa shape index (κ2) is 6.78. The minimum Gasteiger partial charge on any atom is -0.444 e. The standard InChI is InChI=1S/C14H25N2O3/c1-11-6-9-16(10-7-11)12(17)5-8-15-13(18)19-14(2,3)4/h11H,1,5-10H2,2-4H3,(H,15,18). The van der Waals surface area contributed by atoms with Crippen LogP contribution in [0.25, 0.3) is 0 Å². The van der Waals surface area contributed by atoms with Crippen LogP contribution in [-0.2, 0) is 9.53 Å². The highest BCUT2D eigenvalue weighted by atomic mass is 16.6. The molecule has 0 aromatic rings. The van der Waals surface area contributed by atoms with Crippen molar-refractivity contribution in [2.45, 2.75) is 45.6 Å². The molecule has 5 nitrogen and oxygen atoms in total. The van der Waals surface area contributed by atoms with Gasteiger partial charge in [-0.15, -0.1) is 0 Å². The third kappa shape index (κ3) is 6.45. The van der Waals surface area contributed by atoms with Crippen LogP contribution >= 0.6 is 0 Å². The molecule has 0 aromatic carbocycles. The monoisotopic (exact) mass is 269 g/mol. The van der Waals surface area contributed by atoms with E-state index in [1.165, 1.54) is 0 Å². The molecule has 2 amide bonds. The Balaban J connectivity index is 2.18. The molecule has 1 aliphatic heterocycles. The number of rotatable bonds is 3. The smallest absolute Gasteiger partial charge is 0.407 e. The zero-order chi connectivity index (χ0) is 14.5. The highest BCUT2D eigenvalue weighted by Gasteiger charge is 2.20. The zero-order valence-electron chi connectivity index (χ0n) is 12.2. The first-order valence-electron chi connectivity index (χ1n) is 6.85. The summed E-state index contributed by atoms with van der Waals surface area (Å²) in [4.78, 5) is 25.1. The van der Waals surface area contributed by atoms with E-state index in [4.69, 9.17) is 4.74 Å². The average molecular weight is 269 g/mol. The van der Waals surface area contributed by atoms with E-state index in [2.05, 4.69) is 12.2 Å². The zero-order valence-corrected chi connectivity index (χ0v) is 12.2. The topological polar surface area (TPSA) is 58.6 Å². The molecule has 1 fully saturated rings. The molecule has 5 heteroatoms. The third-order valence-corrected chi connectivity index (χ3v) is 2.97. The summed E-state index contributed by atoms with van der Waals surface area (Å²) in [6.07, 6.45) is 1.77. The van der Waals surface area contributed by atoms with Gasteiger partial charge in [0.25, 0.3) is 0 Å². The first kappa shape index (κ1) is 15.8. The fourth-order valence-electron chi connectivity index (χ4n) is 1.93. The number of piperidine rings is 1. The van der Waals surface area contributed by atoms with Gasteiger partial charge in [-0.3, -0.25) is 4.79 Å². The van der Waals surface area contributed by atoms with E-state index in [1.54, 1.807) is 20.8 Å². The molecular formula is C14H25N2O3. The van der Waals surface area contributed by atoms with E-state index in [0.29, 0.717) is 18.9 Å². The molecule has 0 saturated carbocycles. The lowest BCUT2D eigenvalue weighted by Crippen LogP contribution is -2.40. The van der Waals surface area contributed by atoms with Crippen molar-refractivity contribution in [1.82, 2.24) is 10.2 Å². The molecule has 1 saturated heterocycles. The molecule has 1 N–H and O–H groups in total. The Morgan fingerprint density at radius 3 is 2.42 bits per heavy atom. The van der Waals surface area contributed by atoms with E-state index >= 15 is 0 Å². The molecule has 19 heavy (non-hydrogen) atoms. The number of carbonyl (C=O) groups excluding carboxylic acids is 2. The van der Waals surface area contributed by atoms with Crippen LogP contribution in [0.2, 0.25) is 0 Å². The maximum absolute atomic E-state index is 11.9. The molecule has 1 aliphatic rings. The molecule has 0 unspecified atom stereocenters. The van der Waals surface area contributed by atoms with Gasteiger partial charge >= 0.3 is 6.09 Å². The molecule has 0 aliphatic carbocycles. The van der Waals surface area contributed by atoms with Gasteiger partial charge in [-0.2, -0.15) is 0 Å². The maximum atomic E-state index is 11.9. The van der Waals surface area contributed by atoms with E-state index in [0.717, 1.165) is 25.9 Å². The van der Waals surface area contributed by atoms with E-state index in [1.807, 2.05) is 4.90 Å². The SMILES string of the molecule is [CH2]C1CCN(C(=O)CCNC(=O)OC(C)(C)C)CC1. The molecule has 0 aromatic heterocycles. The van der Waals surface area contributed by atoms with Gasteiger partial charge < -0.3 is 15.0 Å². The Kier molecular flexibility index (Phi) is 5.63. The van der Waals surface area contributed by atoms with Crippen LogP contribution in [0.4, 0.5) is 4.79 Å². The second-order valence-electron chi connectivity index (χ2n) is 6.00. The Morgan fingerprint density at radius 1 is 1.32 bits per heavy atom. The van der Waals surface area contributed by atoms with E-state index < -0.39 is 11.7 Å². The van der Waals surface area contributed by atoms with Crippen molar-refractivity contribution >= 4 is 12.0 Å². The minimum absolute atomic E-state index is 0.0861. The normalized spacial score (nSPS) is 17.2. The number of amides is 2. The molecule has 1 heterocycles. The highest BCUT2D eigenvalue weighted by molar-refractivity contribution is 5.77. The fourth-order valence-corrected chi connectivity index (χ4v) is 1.93. The molecule has 1 radical (unpaired) electrons. The van der Waals surface area contributed by atoms with Crippen LogP contribution in [0.15, 0.2) is 0 Å². The largest absolute Gasteiger partial charge is 0.444 e. The van der Waals surface area contributed by atoms with Crippen LogP contribution in [0.1, 0.15) is 40.0 Å². The summed E-state index contributed by atoms with van der Waals surface area (Å²) in [5.41, 5.74) is -0.510. The second-order valence-corrected chi connectivity index (χ2v) is 6.00. The predicted molar refractivity (Wildman–Crippen MR) is 73.5 cm³/mol. The fraction of sp³-hybridized carbons (Fsp3) is 0.786. The summed E-state index contributed by atoms with van der Waals surface area (Å²) in [6, 6.07) is 0. The van der Waals surface area contributed by atoms with Crippen LogP contribution in [0, 0.1) is 12.8 Å². The summed E-state index contributed by atoms with van der Waals surface area (Å²) >= 11 is 0. The molecule has 0 atom stereocenters. The lowest BCUT2D eigenvalue weighted by Gasteiger charge is -2.30. The number of carbonyl (C=O) groups is 2. The molecule has 0 bridgehead atoms. The highest BCUT2D eigenvalue weighted by Crippen LogP contribution is 2.16. The maximum Gasteiger partial charge on any atom is 0.407 e. The van der Waals surface area contributed by atoms with Crippen molar-refractivity contribution in [1.29, 1.82) is 0 Å².